The monoisotopic (exact) mass is 371 g/mol. The second-order valence-electron chi connectivity index (χ2n) is 6.28. The highest BCUT2D eigenvalue weighted by Gasteiger charge is 2.33. The fourth-order valence-electron chi connectivity index (χ4n) is 3.14. The highest BCUT2D eigenvalue weighted by atomic mass is 19.1. The maximum absolute atomic E-state index is 13.0. The average Bonchev–Trinajstić information content (AvgIpc) is 3.17. The number of carbonyl (C=O) groups is 2. The van der Waals surface area contributed by atoms with Gasteiger partial charge in [-0.2, -0.15) is 0 Å². The van der Waals surface area contributed by atoms with Crippen molar-refractivity contribution in [1.29, 1.82) is 0 Å². The number of hydrogen-bond acceptors (Lipinski definition) is 5. The van der Waals surface area contributed by atoms with Crippen LogP contribution in [0.15, 0.2) is 42.5 Å². The zero-order valence-corrected chi connectivity index (χ0v) is 14.4. The molecule has 1 unspecified atom stereocenters. The van der Waals surface area contributed by atoms with Crippen LogP contribution in [-0.2, 0) is 4.79 Å². The number of benzene rings is 2. The molecule has 2 heterocycles. The lowest BCUT2D eigenvalue weighted by Gasteiger charge is -2.35. The summed E-state index contributed by atoms with van der Waals surface area (Å²) in [6.45, 7) is 1.46. The third kappa shape index (κ3) is 3.56. The Morgan fingerprint density at radius 1 is 1.11 bits per heavy atom. The number of piperazine rings is 1. The lowest BCUT2D eigenvalue weighted by atomic mass is 10.1. The summed E-state index contributed by atoms with van der Waals surface area (Å²) in [6, 6.07) is 9.79. The van der Waals surface area contributed by atoms with E-state index < -0.39 is 6.04 Å². The maximum atomic E-state index is 13.0. The standard InChI is InChI=1S/C19H18FN3O4/c20-13-2-4-14(5-3-13)22-18(24)15-10-21-7-8-23(15)19(25)12-1-6-16-17(9-12)27-11-26-16/h1-6,9,15,21H,7-8,10-11H2,(H,22,24). The van der Waals surface area contributed by atoms with Gasteiger partial charge in [-0.15, -0.1) is 0 Å². The molecule has 0 saturated carbocycles. The van der Waals surface area contributed by atoms with Crippen LogP contribution in [0.25, 0.3) is 0 Å². The molecular formula is C19H18FN3O4. The number of anilines is 1. The minimum atomic E-state index is -0.679. The minimum absolute atomic E-state index is 0.128. The molecule has 2 N–H and O–H groups in total. The first-order valence-electron chi connectivity index (χ1n) is 8.59. The highest BCUT2D eigenvalue weighted by molar-refractivity contribution is 6.01. The Morgan fingerprint density at radius 3 is 2.70 bits per heavy atom. The van der Waals surface area contributed by atoms with Gasteiger partial charge in [-0.25, -0.2) is 4.39 Å². The van der Waals surface area contributed by atoms with Gasteiger partial charge in [0.1, 0.15) is 11.9 Å². The predicted octanol–water partition coefficient (Wildman–Crippen LogP) is 1.61. The number of ether oxygens (including phenoxy) is 2. The molecular weight excluding hydrogens is 353 g/mol. The molecule has 27 heavy (non-hydrogen) atoms. The van der Waals surface area contributed by atoms with Gasteiger partial charge in [-0.05, 0) is 42.5 Å². The maximum Gasteiger partial charge on any atom is 0.254 e. The van der Waals surface area contributed by atoms with Crippen molar-refractivity contribution < 1.29 is 23.5 Å². The Balaban J connectivity index is 1.52. The van der Waals surface area contributed by atoms with E-state index in [0.29, 0.717) is 42.4 Å². The molecule has 0 bridgehead atoms. The van der Waals surface area contributed by atoms with Gasteiger partial charge in [0.05, 0.1) is 0 Å². The molecule has 7 nitrogen and oxygen atoms in total. The van der Waals surface area contributed by atoms with Crippen LogP contribution in [0.3, 0.4) is 0 Å². The first-order valence-corrected chi connectivity index (χ1v) is 8.59. The van der Waals surface area contributed by atoms with Crippen molar-refractivity contribution in [3.05, 3.63) is 53.8 Å². The molecule has 1 fully saturated rings. The summed E-state index contributed by atoms with van der Waals surface area (Å²) in [4.78, 5) is 27.2. The SMILES string of the molecule is O=C(Nc1ccc(F)cc1)C1CNCCN1C(=O)c1ccc2c(c1)OCO2. The van der Waals surface area contributed by atoms with Crippen LogP contribution in [0, 0.1) is 5.82 Å². The van der Waals surface area contributed by atoms with E-state index in [1.165, 1.54) is 29.2 Å². The van der Waals surface area contributed by atoms with Crippen molar-refractivity contribution in [3.63, 3.8) is 0 Å². The Bertz CT molecular complexity index is 872. The Morgan fingerprint density at radius 2 is 1.89 bits per heavy atom. The van der Waals surface area contributed by atoms with Gasteiger partial charge in [0, 0.05) is 30.9 Å². The van der Waals surface area contributed by atoms with Crippen molar-refractivity contribution in [2.24, 2.45) is 0 Å². The van der Waals surface area contributed by atoms with E-state index in [1.807, 2.05) is 0 Å². The molecule has 0 spiro atoms. The average molecular weight is 371 g/mol. The highest BCUT2D eigenvalue weighted by Crippen LogP contribution is 2.33. The van der Waals surface area contributed by atoms with E-state index in [-0.39, 0.29) is 24.4 Å². The molecule has 2 aliphatic rings. The van der Waals surface area contributed by atoms with Crippen LogP contribution < -0.4 is 20.1 Å². The molecule has 140 valence electrons. The number of halogens is 1. The van der Waals surface area contributed by atoms with Gasteiger partial charge >= 0.3 is 0 Å². The summed E-state index contributed by atoms with van der Waals surface area (Å²) < 4.78 is 23.6. The summed E-state index contributed by atoms with van der Waals surface area (Å²) in [6.07, 6.45) is 0. The summed E-state index contributed by atoms with van der Waals surface area (Å²) in [7, 11) is 0. The normalized spacial score (nSPS) is 18.3. The Kier molecular flexibility index (Phi) is 4.64. The van der Waals surface area contributed by atoms with Gasteiger partial charge in [0.25, 0.3) is 5.91 Å². The van der Waals surface area contributed by atoms with Crippen molar-refractivity contribution in [1.82, 2.24) is 10.2 Å². The third-order valence-electron chi connectivity index (χ3n) is 4.54. The molecule has 1 saturated heterocycles. The van der Waals surface area contributed by atoms with Crippen LogP contribution in [-0.4, -0.2) is 49.2 Å². The molecule has 2 aromatic rings. The molecule has 0 radical (unpaired) electrons. The first kappa shape index (κ1) is 17.3. The fraction of sp³-hybridized carbons (Fsp3) is 0.263. The quantitative estimate of drug-likeness (QED) is 0.857. The van der Waals surface area contributed by atoms with Crippen molar-refractivity contribution >= 4 is 17.5 Å². The summed E-state index contributed by atoms with van der Waals surface area (Å²) in [5.41, 5.74) is 0.906. The van der Waals surface area contributed by atoms with E-state index >= 15 is 0 Å². The number of fused-ring (bicyclic) bond motifs is 1. The van der Waals surface area contributed by atoms with Crippen molar-refractivity contribution in [2.75, 3.05) is 31.7 Å². The number of carbonyl (C=O) groups excluding carboxylic acids is 2. The smallest absolute Gasteiger partial charge is 0.254 e. The lowest BCUT2D eigenvalue weighted by Crippen LogP contribution is -2.58. The van der Waals surface area contributed by atoms with Crippen LogP contribution >= 0.6 is 0 Å². The van der Waals surface area contributed by atoms with Crippen LogP contribution in [0.2, 0.25) is 0 Å². The van der Waals surface area contributed by atoms with Crippen LogP contribution in [0.5, 0.6) is 11.5 Å². The summed E-state index contributed by atoms with van der Waals surface area (Å²) >= 11 is 0. The van der Waals surface area contributed by atoms with E-state index in [9.17, 15) is 14.0 Å². The van der Waals surface area contributed by atoms with Gasteiger partial charge in [-0.1, -0.05) is 0 Å². The van der Waals surface area contributed by atoms with E-state index in [1.54, 1.807) is 18.2 Å². The second kappa shape index (κ2) is 7.24. The molecule has 0 aromatic heterocycles. The topological polar surface area (TPSA) is 79.9 Å². The lowest BCUT2D eigenvalue weighted by molar-refractivity contribution is -0.121. The Labute approximate surface area is 155 Å². The number of amides is 2. The van der Waals surface area contributed by atoms with Crippen molar-refractivity contribution in [2.45, 2.75) is 6.04 Å². The largest absolute Gasteiger partial charge is 0.454 e. The first-order chi connectivity index (χ1) is 13.1. The molecule has 2 aromatic carbocycles. The fourth-order valence-corrected chi connectivity index (χ4v) is 3.14. The molecule has 1 atom stereocenters. The summed E-state index contributed by atoms with van der Waals surface area (Å²) in [5.74, 6) is 0.143. The number of nitrogens with zero attached hydrogens (tertiary/aromatic N) is 1. The molecule has 8 heteroatoms. The molecule has 2 amide bonds. The zero-order chi connectivity index (χ0) is 18.8. The summed E-state index contributed by atoms with van der Waals surface area (Å²) in [5, 5.41) is 5.86. The van der Waals surface area contributed by atoms with Gasteiger partial charge in [0.2, 0.25) is 12.7 Å². The zero-order valence-electron chi connectivity index (χ0n) is 14.4. The van der Waals surface area contributed by atoms with Gasteiger partial charge in [-0.3, -0.25) is 9.59 Å². The van der Waals surface area contributed by atoms with E-state index in [0.717, 1.165) is 0 Å². The number of hydrogen-bond donors (Lipinski definition) is 2. The minimum Gasteiger partial charge on any atom is -0.454 e. The second-order valence-corrected chi connectivity index (χ2v) is 6.28. The van der Waals surface area contributed by atoms with Gasteiger partial charge in [0.15, 0.2) is 11.5 Å². The number of rotatable bonds is 3. The van der Waals surface area contributed by atoms with Crippen LogP contribution in [0.1, 0.15) is 10.4 Å². The van der Waals surface area contributed by atoms with E-state index in [2.05, 4.69) is 10.6 Å². The van der Waals surface area contributed by atoms with Crippen molar-refractivity contribution in [3.8, 4) is 11.5 Å². The molecule has 4 rings (SSSR count). The predicted molar refractivity (Wildman–Crippen MR) is 95.3 cm³/mol. The molecule has 2 aliphatic heterocycles. The van der Waals surface area contributed by atoms with Crippen LogP contribution in [0.4, 0.5) is 10.1 Å². The molecule has 0 aliphatic carbocycles. The number of nitrogens with one attached hydrogen (secondary N) is 2. The third-order valence-corrected chi connectivity index (χ3v) is 4.54. The van der Waals surface area contributed by atoms with E-state index in [4.69, 9.17) is 9.47 Å². The Hall–Kier alpha value is -3.13. The van der Waals surface area contributed by atoms with Gasteiger partial charge < -0.3 is 25.0 Å².